The van der Waals surface area contributed by atoms with Gasteiger partial charge in [-0.2, -0.15) is 0 Å². The van der Waals surface area contributed by atoms with Crippen LogP contribution < -0.4 is 10.7 Å². The lowest BCUT2D eigenvalue weighted by Crippen LogP contribution is -2.58. The highest BCUT2D eigenvalue weighted by molar-refractivity contribution is 6.20. The van der Waals surface area contributed by atoms with Gasteiger partial charge in [-0.25, -0.2) is 9.98 Å². The molecule has 1 aromatic rings. The molecule has 0 aromatic carbocycles. The van der Waals surface area contributed by atoms with E-state index in [9.17, 15) is 0 Å². The van der Waals surface area contributed by atoms with Crippen molar-refractivity contribution in [2.24, 2.45) is 20.8 Å². The van der Waals surface area contributed by atoms with E-state index in [0.717, 1.165) is 79.3 Å². The van der Waals surface area contributed by atoms with Crippen molar-refractivity contribution in [2.75, 3.05) is 6.54 Å². The molecule has 214 valence electrons. The molecule has 1 aromatic heterocycles. The van der Waals surface area contributed by atoms with Crippen molar-refractivity contribution in [3.63, 3.8) is 0 Å². The van der Waals surface area contributed by atoms with E-state index in [1.54, 1.807) is 0 Å². The van der Waals surface area contributed by atoms with Crippen LogP contribution in [0.2, 0.25) is 0 Å². The Balaban J connectivity index is 1.99. The molecule has 2 atom stereocenters. The number of aromatic nitrogens is 1. The summed E-state index contributed by atoms with van der Waals surface area (Å²) < 4.78 is 0. The number of hydrogen-bond acceptors (Lipinski definition) is 3. The van der Waals surface area contributed by atoms with Crippen molar-refractivity contribution < 1.29 is 0 Å². The summed E-state index contributed by atoms with van der Waals surface area (Å²) in [5, 5.41) is 2.13. The third-order valence-electron chi connectivity index (χ3n) is 11.5. The van der Waals surface area contributed by atoms with Crippen LogP contribution in [0.1, 0.15) is 100 Å². The molecule has 8 bridgehead atoms. The summed E-state index contributed by atoms with van der Waals surface area (Å²) >= 11 is 0. The van der Waals surface area contributed by atoms with E-state index in [4.69, 9.17) is 9.98 Å². The number of aromatic amines is 1. The Kier molecular flexibility index (Phi) is 7.63. The molecule has 0 saturated carbocycles. The van der Waals surface area contributed by atoms with Gasteiger partial charge in [0.2, 0.25) is 0 Å². The van der Waals surface area contributed by atoms with Crippen LogP contribution in [0.15, 0.2) is 69.5 Å². The molecule has 5 heterocycles. The number of nitrogens with zero attached hydrogens (tertiary/aromatic N) is 3. The van der Waals surface area contributed by atoms with Crippen molar-refractivity contribution in [3.8, 4) is 0 Å². The van der Waals surface area contributed by atoms with Crippen LogP contribution in [-0.4, -0.2) is 38.9 Å². The van der Waals surface area contributed by atoms with Crippen LogP contribution in [0.25, 0.3) is 12.2 Å². The van der Waals surface area contributed by atoms with Crippen LogP contribution in [0.5, 0.6) is 0 Å². The Hall–Kier alpha value is -2.72. The number of fused-ring (bicyclic) bond motifs is 6. The Labute approximate surface area is 242 Å². The zero-order chi connectivity index (χ0) is 28.8. The number of allylic oxidation sites excluding steroid dienone is 4. The first-order valence-corrected chi connectivity index (χ1v) is 16.0. The number of likely N-dealkylation sites (N-methyl/N-ethyl adjacent to an activating group) is 1. The van der Waals surface area contributed by atoms with E-state index < -0.39 is 0 Å². The van der Waals surface area contributed by atoms with Crippen molar-refractivity contribution in [1.82, 2.24) is 9.88 Å². The summed E-state index contributed by atoms with van der Waals surface area (Å²) in [7, 11) is 0. The van der Waals surface area contributed by atoms with E-state index >= 15 is 0 Å². The minimum Gasteiger partial charge on any atom is -0.355 e. The molecule has 0 amide bonds. The maximum absolute atomic E-state index is 5.33. The molecule has 0 spiro atoms. The fourth-order valence-corrected chi connectivity index (χ4v) is 10.3. The van der Waals surface area contributed by atoms with Crippen molar-refractivity contribution >= 4 is 23.6 Å². The number of H-pyrrole nitrogens is 1. The van der Waals surface area contributed by atoms with Crippen molar-refractivity contribution in [2.45, 2.75) is 111 Å². The van der Waals surface area contributed by atoms with Crippen molar-refractivity contribution in [3.05, 3.63) is 70.2 Å². The average molecular weight is 539 g/mol. The van der Waals surface area contributed by atoms with Crippen LogP contribution >= 0.6 is 0 Å². The first-order valence-electron chi connectivity index (χ1n) is 16.0. The van der Waals surface area contributed by atoms with E-state index in [-0.39, 0.29) is 21.9 Å². The van der Waals surface area contributed by atoms with Gasteiger partial charge >= 0.3 is 0 Å². The lowest BCUT2D eigenvalue weighted by Gasteiger charge is -2.56. The fraction of sp³-hybridized carbons (Fsp3) is 0.556. The number of rotatable bonds is 8. The quantitative estimate of drug-likeness (QED) is 0.368. The zero-order valence-electron chi connectivity index (χ0n) is 26.2. The topological polar surface area (TPSA) is 43.8 Å². The van der Waals surface area contributed by atoms with Gasteiger partial charge in [-0.3, -0.25) is 4.90 Å². The van der Waals surface area contributed by atoms with Gasteiger partial charge in [0.1, 0.15) is 0 Å². The zero-order valence-corrected chi connectivity index (χ0v) is 26.2. The predicted octanol–water partition coefficient (Wildman–Crippen LogP) is 7.40. The van der Waals surface area contributed by atoms with Gasteiger partial charge in [0.05, 0.1) is 28.4 Å². The van der Waals surface area contributed by atoms with Gasteiger partial charge in [0.25, 0.3) is 0 Å². The molecule has 4 aliphatic heterocycles. The van der Waals surface area contributed by atoms with Crippen LogP contribution in [0.4, 0.5) is 0 Å². The Morgan fingerprint density at radius 2 is 1.27 bits per heavy atom. The first-order chi connectivity index (χ1) is 19.3. The summed E-state index contributed by atoms with van der Waals surface area (Å²) in [6, 6.07) is 4.26. The normalized spacial score (nSPS) is 33.1. The highest BCUT2D eigenvalue weighted by Crippen LogP contribution is 2.74. The highest BCUT2D eigenvalue weighted by Gasteiger charge is 2.76. The highest BCUT2D eigenvalue weighted by atomic mass is 15.3. The van der Waals surface area contributed by atoms with Gasteiger partial charge < -0.3 is 4.98 Å². The maximum Gasteiger partial charge on any atom is 0.0658 e. The molecule has 4 heteroatoms. The molecule has 1 fully saturated rings. The van der Waals surface area contributed by atoms with Gasteiger partial charge in [-0.15, -0.1) is 0 Å². The van der Waals surface area contributed by atoms with Crippen molar-refractivity contribution in [1.29, 1.82) is 0 Å². The van der Waals surface area contributed by atoms with Gasteiger partial charge in [0.15, 0.2) is 0 Å². The number of hydrogen-bond donors (Lipinski definition) is 1. The minimum absolute atomic E-state index is 0.0803. The third kappa shape index (κ3) is 3.54. The molecule has 40 heavy (non-hydrogen) atoms. The standard InChI is InChI=1S/C36H50N4/c1-9-31-32-22-21-29(39-32)24-27-18-17-26(37-27)23-28-19-20-30(38-28)25-35(14-6)33(10-2,11-3)34(12-4,13-5)36(31,15-7)40(35)16-8/h17-25,37H,9-16H2,1-8H3/b26-23-,27-24-,30-25-,32-31-. The lowest BCUT2D eigenvalue weighted by molar-refractivity contribution is -0.0179. The molecular weight excluding hydrogens is 488 g/mol. The largest absolute Gasteiger partial charge is 0.355 e. The van der Waals surface area contributed by atoms with Crippen LogP contribution in [-0.2, 0) is 0 Å². The summed E-state index contributed by atoms with van der Waals surface area (Å²) in [6.45, 7) is 20.5. The first kappa shape index (κ1) is 28.8. The Bertz CT molecular complexity index is 1450. The molecule has 0 aliphatic carbocycles. The second kappa shape index (κ2) is 10.6. The Morgan fingerprint density at radius 1 is 0.675 bits per heavy atom. The van der Waals surface area contributed by atoms with Gasteiger partial charge in [-0.05, 0) is 123 Å². The molecule has 4 nitrogen and oxygen atoms in total. The molecule has 1 N–H and O–H groups in total. The van der Waals surface area contributed by atoms with E-state index in [0.29, 0.717) is 0 Å². The molecule has 4 aliphatic rings. The molecular formula is C36H50N4. The average Bonchev–Trinajstić information content (AvgIpc) is 3.75. The molecule has 1 saturated heterocycles. The predicted molar refractivity (Wildman–Crippen MR) is 172 cm³/mol. The SMILES string of the molecule is CC/C1=C2\C=CC(=N2)/C=c2/cc/c([nH]2)=C/C2=NC(=C\C3(CC)N(CC)C1(CC)C(CC)(CC)C3(CC)CC)/C=C2. The monoisotopic (exact) mass is 538 g/mol. The van der Waals surface area contributed by atoms with E-state index in [2.05, 4.69) is 120 Å². The molecule has 5 rings (SSSR count). The maximum atomic E-state index is 5.33. The smallest absolute Gasteiger partial charge is 0.0658 e. The lowest BCUT2D eigenvalue weighted by atomic mass is 9.46. The van der Waals surface area contributed by atoms with E-state index in [1.165, 1.54) is 11.3 Å². The number of aliphatic imine (C=N–C) groups is 2. The fourth-order valence-electron chi connectivity index (χ4n) is 10.3. The molecule has 2 unspecified atom stereocenters. The molecule has 0 radical (unpaired) electrons. The second-order valence-electron chi connectivity index (χ2n) is 12.0. The number of nitrogens with one attached hydrogen (secondary N) is 1. The van der Waals surface area contributed by atoms with E-state index in [1.807, 2.05) is 0 Å². The Morgan fingerprint density at radius 3 is 1.80 bits per heavy atom. The summed E-state index contributed by atoms with van der Waals surface area (Å²) in [6.07, 6.45) is 23.5. The third-order valence-corrected chi connectivity index (χ3v) is 11.5. The van der Waals surface area contributed by atoms with Gasteiger partial charge in [0, 0.05) is 16.2 Å². The summed E-state index contributed by atoms with van der Waals surface area (Å²) in [5.74, 6) is 0. The van der Waals surface area contributed by atoms with Gasteiger partial charge in [-0.1, -0.05) is 55.4 Å². The second-order valence-corrected chi connectivity index (χ2v) is 12.0. The van der Waals surface area contributed by atoms with Crippen LogP contribution in [0.3, 0.4) is 0 Å². The summed E-state index contributed by atoms with van der Waals surface area (Å²) in [5.41, 5.74) is 5.72. The van der Waals surface area contributed by atoms with Crippen LogP contribution in [0, 0.1) is 10.8 Å². The minimum atomic E-state index is -0.134. The summed E-state index contributed by atoms with van der Waals surface area (Å²) in [4.78, 5) is 17.0.